The minimum atomic E-state index is 0.397. The second-order valence-corrected chi connectivity index (χ2v) is 5.80. The molecule has 1 aliphatic heterocycles. The molecule has 3 heteroatoms. The number of rotatable bonds is 8. The first-order chi connectivity index (χ1) is 8.65. The molecule has 18 heavy (non-hydrogen) atoms. The third-order valence-corrected chi connectivity index (χ3v) is 4.31. The normalized spacial score (nSPS) is 22.3. The maximum Gasteiger partial charge on any atom is 0.0674 e. The van der Waals surface area contributed by atoms with Gasteiger partial charge in [0.05, 0.1) is 12.7 Å². The van der Waals surface area contributed by atoms with E-state index in [1.165, 1.54) is 25.8 Å². The van der Waals surface area contributed by atoms with Crippen LogP contribution in [0.5, 0.6) is 0 Å². The van der Waals surface area contributed by atoms with Gasteiger partial charge < -0.3 is 10.1 Å². The fourth-order valence-corrected chi connectivity index (χ4v) is 2.82. The number of nitrogens with one attached hydrogen (secondary N) is 1. The molecule has 1 atom stereocenters. The van der Waals surface area contributed by atoms with E-state index >= 15 is 0 Å². The molecule has 3 nitrogen and oxygen atoms in total. The molecule has 0 bridgehead atoms. The fourth-order valence-electron chi connectivity index (χ4n) is 2.82. The van der Waals surface area contributed by atoms with Crippen molar-refractivity contribution in [3.05, 3.63) is 0 Å². The van der Waals surface area contributed by atoms with Gasteiger partial charge in [-0.1, -0.05) is 20.8 Å². The fraction of sp³-hybridized carbons (Fsp3) is 1.00. The summed E-state index contributed by atoms with van der Waals surface area (Å²) in [6, 6.07) is 0. The molecule has 0 aromatic rings. The smallest absolute Gasteiger partial charge is 0.0674 e. The Bertz CT molecular complexity index is 217. The molecule has 1 heterocycles. The van der Waals surface area contributed by atoms with E-state index in [0.29, 0.717) is 11.5 Å². The van der Waals surface area contributed by atoms with Crippen LogP contribution < -0.4 is 5.32 Å². The van der Waals surface area contributed by atoms with Crippen molar-refractivity contribution in [3.8, 4) is 0 Å². The Morgan fingerprint density at radius 2 is 2.00 bits per heavy atom. The number of hydrogen-bond donors (Lipinski definition) is 1. The number of ether oxygens (including phenoxy) is 1. The summed E-state index contributed by atoms with van der Waals surface area (Å²) in [7, 11) is 0. The number of nitrogens with zero attached hydrogens (tertiary/aromatic N) is 1. The van der Waals surface area contributed by atoms with Gasteiger partial charge in [0.1, 0.15) is 0 Å². The highest BCUT2D eigenvalue weighted by Crippen LogP contribution is 2.27. The zero-order valence-electron chi connectivity index (χ0n) is 12.8. The van der Waals surface area contributed by atoms with E-state index in [9.17, 15) is 0 Å². The van der Waals surface area contributed by atoms with Crippen LogP contribution in [0.15, 0.2) is 0 Å². The monoisotopic (exact) mass is 256 g/mol. The first kappa shape index (κ1) is 15.9. The van der Waals surface area contributed by atoms with Crippen LogP contribution >= 0.6 is 0 Å². The minimum absolute atomic E-state index is 0.397. The first-order valence-corrected chi connectivity index (χ1v) is 7.70. The molecule has 1 unspecified atom stereocenters. The first-order valence-electron chi connectivity index (χ1n) is 7.70. The Morgan fingerprint density at radius 1 is 1.28 bits per heavy atom. The Labute approximate surface area is 113 Å². The lowest BCUT2D eigenvalue weighted by Crippen LogP contribution is -2.49. The Hall–Kier alpha value is -0.120. The van der Waals surface area contributed by atoms with E-state index in [0.717, 1.165) is 32.8 Å². The van der Waals surface area contributed by atoms with E-state index in [4.69, 9.17) is 4.74 Å². The lowest BCUT2D eigenvalue weighted by Gasteiger charge is -2.40. The van der Waals surface area contributed by atoms with E-state index < -0.39 is 0 Å². The van der Waals surface area contributed by atoms with Crippen LogP contribution in [-0.2, 0) is 4.74 Å². The standard InChI is InChI=1S/C15H32N2O/c1-5-8-16-12-15(6-2,7-3)13-17-9-10-18-14(4)11-17/h14,16H,5-13H2,1-4H3. The summed E-state index contributed by atoms with van der Waals surface area (Å²) in [6.07, 6.45) is 4.13. The maximum atomic E-state index is 5.63. The maximum absolute atomic E-state index is 5.63. The third-order valence-electron chi connectivity index (χ3n) is 4.31. The molecular formula is C15H32N2O. The van der Waals surface area contributed by atoms with Crippen molar-refractivity contribution in [3.63, 3.8) is 0 Å². The summed E-state index contributed by atoms with van der Waals surface area (Å²) >= 11 is 0. The van der Waals surface area contributed by atoms with Crippen LogP contribution in [0.3, 0.4) is 0 Å². The van der Waals surface area contributed by atoms with Gasteiger partial charge >= 0.3 is 0 Å². The van der Waals surface area contributed by atoms with E-state index in [1.54, 1.807) is 0 Å². The van der Waals surface area contributed by atoms with Crippen LogP contribution in [0.25, 0.3) is 0 Å². The third kappa shape index (κ3) is 4.87. The van der Waals surface area contributed by atoms with Crippen molar-refractivity contribution in [2.24, 2.45) is 5.41 Å². The second kappa shape index (κ2) is 8.13. The second-order valence-electron chi connectivity index (χ2n) is 5.80. The van der Waals surface area contributed by atoms with Gasteiger partial charge in [0.2, 0.25) is 0 Å². The Morgan fingerprint density at radius 3 is 2.56 bits per heavy atom. The van der Waals surface area contributed by atoms with Crippen molar-refractivity contribution in [2.45, 2.75) is 53.1 Å². The van der Waals surface area contributed by atoms with E-state index in [-0.39, 0.29) is 0 Å². The van der Waals surface area contributed by atoms with Gasteiger partial charge in [0, 0.05) is 26.2 Å². The average molecular weight is 256 g/mol. The van der Waals surface area contributed by atoms with Crippen LogP contribution in [0.4, 0.5) is 0 Å². The van der Waals surface area contributed by atoms with Gasteiger partial charge in [-0.15, -0.1) is 0 Å². The predicted octanol–water partition coefficient (Wildman–Crippen LogP) is 2.51. The molecule has 0 spiro atoms. The molecular weight excluding hydrogens is 224 g/mol. The highest BCUT2D eigenvalue weighted by molar-refractivity contribution is 4.84. The predicted molar refractivity (Wildman–Crippen MR) is 78.0 cm³/mol. The Balaban J connectivity index is 2.49. The van der Waals surface area contributed by atoms with Crippen LogP contribution in [0.2, 0.25) is 0 Å². The van der Waals surface area contributed by atoms with E-state index in [1.807, 2.05) is 0 Å². The summed E-state index contributed by atoms with van der Waals surface area (Å²) in [5.41, 5.74) is 0.437. The molecule has 0 radical (unpaired) electrons. The molecule has 1 saturated heterocycles. The molecule has 0 amide bonds. The van der Waals surface area contributed by atoms with Gasteiger partial charge in [-0.05, 0) is 38.1 Å². The van der Waals surface area contributed by atoms with Gasteiger partial charge in [0.25, 0.3) is 0 Å². The van der Waals surface area contributed by atoms with Crippen molar-refractivity contribution in [1.29, 1.82) is 0 Å². The molecule has 108 valence electrons. The van der Waals surface area contributed by atoms with Crippen LogP contribution in [-0.4, -0.2) is 50.3 Å². The molecule has 1 fully saturated rings. The number of hydrogen-bond acceptors (Lipinski definition) is 3. The van der Waals surface area contributed by atoms with Crippen LogP contribution in [0.1, 0.15) is 47.0 Å². The minimum Gasteiger partial charge on any atom is -0.376 e. The summed E-state index contributed by atoms with van der Waals surface area (Å²) in [4.78, 5) is 2.59. The van der Waals surface area contributed by atoms with Crippen molar-refractivity contribution in [2.75, 3.05) is 39.3 Å². The molecule has 0 aromatic carbocycles. The van der Waals surface area contributed by atoms with Gasteiger partial charge in [-0.3, -0.25) is 4.90 Å². The number of morpholine rings is 1. The highest BCUT2D eigenvalue weighted by atomic mass is 16.5. The average Bonchev–Trinajstić information content (AvgIpc) is 2.38. The molecule has 1 aliphatic rings. The summed E-state index contributed by atoms with van der Waals surface area (Å²) < 4.78 is 5.63. The zero-order chi connectivity index (χ0) is 13.4. The summed E-state index contributed by atoms with van der Waals surface area (Å²) in [5, 5.41) is 3.62. The quantitative estimate of drug-likeness (QED) is 0.675. The lowest BCUT2D eigenvalue weighted by atomic mass is 9.81. The Kier molecular flexibility index (Phi) is 7.20. The van der Waals surface area contributed by atoms with Crippen molar-refractivity contribution < 1.29 is 4.74 Å². The van der Waals surface area contributed by atoms with Crippen LogP contribution in [0, 0.1) is 5.41 Å². The molecule has 0 saturated carbocycles. The van der Waals surface area contributed by atoms with Gasteiger partial charge in [-0.25, -0.2) is 0 Å². The van der Waals surface area contributed by atoms with Crippen molar-refractivity contribution >= 4 is 0 Å². The van der Waals surface area contributed by atoms with Crippen molar-refractivity contribution in [1.82, 2.24) is 10.2 Å². The highest BCUT2D eigenvalue weighted by Gasteiger charge is 2.30. The largest absolute Gasteiger partial charge is 0.376 e. The summed E-state index contributed by atoms with van der Waals surface area (Å²) in [5.74, 6) is 0. The molecule has 1 N–H and O–H groups in total. The topological polar surface area (TPSA) is 24.5 Å². The SMILES string of the molecule is CCCNCC(CC)(CC)CN1CCOC(C)C1. The zero-order valence-corrected chi connectivity index (χ0v) is 12.8. The van der Waals surface area contributed by atoms with Gasteiger partial charge in [-0.2, -0.15) is 0 Å². The molecule has 0 aromatic heterocycles. The van der Waals surface area contributed by atoms with E-state index in [2.05, 4.69) is 37.9 Å². The lowest BCUT2D eigenvalue weighted by molar-refractivity contribution is -0.0334. The molecule has 1 rings (SSSR count). The summed E-state index contributed by atoms with van der Waals surface area (Å²) in [6.45, 7) is 15.7. The molecule has 0 aliphatic carbocycles. The van der Waals surface area contributed by atoms with Gasteiger partial charge in [0.15, 0.2) is 0 Å².